The van der Waals surface area contributed by atoms with Crippen LogP contribution in [-0.4, -0.2) is 42.0 Å². The lowest BCUT2D eigenvalue weighted by molar-refractivity contribution is 0.0746. The van der Waals surface area contributed by atoms with Crippen LogP contribution in [0.2, 0.25) is 0 Å². The summed E-state index contributed by atoms with van der Waals surface area (Å²) in [6, 6.07) is 14.2. The van der Waals surface area contributed by atoms with Gasteiger partial charge in [-0.1, -0.05) is 48.6 Å². The predicted octanol–water partition coefficient (Wildman–Crippen LogP) is 4.13. The van der Waals surface area contributed by atoms with Gasteiger partial charge in [-0.3, -0.25) is 4.79 Å². The molecule has 0 aliphatic carbocycles. The predicted molar refractivity (Wildman–Crippen MR) is 108 cm³/mol. The number of rotatable bonds is 3. The second-order valence-corrected chi connectivity index (χ2v) is 7.72. The molecule has 1 aliphatic rings. The number of fused-ring (bicyclic) bond motifs is 1. The van der Waals surface area contributed by atoms with Crippen molar-refractivity contribution in [3.63, 3.8) is 0 Å². The number of thiazole rings is 1. The largest absolute Gasteiger partial charge is 0.345 e. The van der Waals surface area contributed by atoms with Gasteiger partial charge in [-0.25, -0.2) is 4.98 Å². The first-order valence-electron chi connectivity index (χ1n) is 9.15. The lowest BCUT2D eigenvalue weighted by atomic mass is 10.1. The molecule has 1 aliphatic heterocycles. The molecule has 0 N–H and O–H groups in total. The minimum Gasteiger partial charge on any atom is -0.345 e. The summed E-state index contributed by atoms with van der Waals surface area (Å²) in [5.41, 5.74) is 4.29. The first-order chi connectivity index (χ1) is 12.7. The molecule has 2 aromatic carbocycles. The van der Waals surface area contributed by atoms with Crippen molar-refractivity contribution in [1.82, 2.24) is 9.88 Å². The van der Waals surface area contributed by atoms with Gasteiger partial charge in [0.1, 0.15) is 0 Å². The zero-order valence-corrected chi connectivity index (χ0v) is 16.1. The van der Waals surface area contributed by atoms with Crippen molar-refractivity contribution in [3.8, 4) is 0 Å². The van der Waals surface area contributed by atoms with Crippen LogP contribution in [0.3, 0.4) is 0 Å². The van der Waals surface area contributed by atoms with Crippen LogP contribution >= 0.6 is 11.3 Å². The van der Waals surface area contributed by atoms with E-state index in [4.69, 9.17) is 4.98 Å². The molecule has 0 radical (unpaired) electrons. The fourth-order valence-corrected chi connectivity index (χ4v) is 4.56. The topological polar surface area (TPSA) is 36.4 Å². The van der Waals surface area contributed by atoms with Gasteiger partial charge in [0.25, 0.3) is 5.91 Å². The van der Waals surface area contributed by atoms with Crippen LogP contribution in [0.1, 0.15) is 28.4 Å². The summed E-state index contributed by atoms with van der Waals surface area (Å²) in [7, 11) is 0. The van der Waals surface area contributed by atoms with E-state index in [1.807, 2.05) is 36.1 Å². The zero-order chi connectivity index (χ0) is 18.1. The third-order valence-corrected chi connectivity index (χ3v) is 6.17. The van der Waals surface area contributed by atoms with Crippen molar-refractivity contribution in [2.24, 2.45) is 0 Å². The summed E-state index contributed by atoms with van der Waals surface area (Å²) < 4.78 is 1.25. The molecule has 0 bridgehead atoms. The number of hydrogen-bond donors (Lipinski definition) is 0. The van der Waals surface area contributed by atoms with Crippen LogP contribution in [0.4, 0.5) is 5.13 Å². The number of nitrogens with zero attached hydrogens (tertiary/aromatic N) is 3. The first kappa shape index (κ1) is 17.0. The number of piperazine rings is 1. The molecule has 1 aromatic heterocycles. The first-order valence-corrected chi connectivity index (χ1v) is 9.97. The summed E-state index contributed by atoms with van der Waals surface area (Å²) in [6.45, 7) is 7.31. The summed E-state index contributed by atoms with van der Waals surface area (Å²) in [5, 5.41) is 1.07. The minimum atomic E-state index is 0.139. The lowest BCUT2D eigenvalue weighted by Crippen LogP contribution is -2.48. The van der Waals surface area contributed by atoms with Gasteiger partial charge < -0.3 is 9.80 Å². The highest BCUT2D eigenvalue weighted by molar-refractivity contribution is 7.22. The van der Waals surface area contributed by atoms with E-state index in [1.54, 1.807) is 11.3 Å². The second kappa shape index (κ2) is 7.08. The van der Waals surface area contributed by atoms with Gasteiger partial charge in [-0.15, -0.1) is 0 Å². The van der Waals surface area contributed by atoms with Crippen molar-refractivity contribution in [2.75, 3.05) is 31.1 Å². The van der Waals surface area contributed by atoms with Crippen LogP contribution in [0.25, 0.3) is 10.2 Å². The Balaban J connectivity index is 1.49. The second-order valence-electron chi connectivity index (χ2n) is 6.71. The van der Waals surface area contributed by atoms with E-state index >= 15 is 0 Å². The third kappa shape index (κ3) is 3.07. The van der Waals surface area contributed by atoms with Gasteiger partial charge >= 0.3 is 0 Å². The Labute approximate surface area is 158 Å². The number of carbonyl (C=O) groups is 1. The molecule has 1 saturated heterocycles. The van der Waals surface area contributed by atoms with E-state index < -0.39 is 0 Å². The minimum absolute atomic E-state index is 0.139. The maximum atomic E-state index is 12.8. The molecule has 0 unspecified atom stereocenters. The summed E-state index contributed by atoms with van der Waals surface area (Å²) in [5.74, 6) is 0.139. The Kier molecular flexibility index (Phi) is 4.64. The Hall–Kier alpha value is -2.40. The fourth-order valence-electron chi connectivity index (χ4n) is 3.50. The highest BCUT2D eigenvalue weighted by atomic mass is 32.1. The van der Waals surface area contributed by atoms with Crippen molar-refractivity contribution in [3.05, 3.63) is 59.2 Å². The van der Waals surface area contributed by atoms with Crippen LogP contribution in [0, 0.1) is 6.92 Å². The molecule has 5 heteroatoms. The molecule has 4 rings (SSSR count). The normalized spacial score (nSPS) is 14.8. The van der Waals surface area contributed by atoms with E-state index in [1.165, 1.54) is 10.3 Å². The number of aromatic nitrogens is 1. The van der Waals surface area contributed by atoms with Crippen LogP contribution < -0.4 is 4.90 Å². The van der Waals surface area contributed by atoms with Crippen molar-refractivity contribution >= 4 is 32.6 Å². The molecule has 1 fully saturated rings. The van der Waals surface area contributed by atoms with Crippen LogP contribution in [0.5, 0.6) is 0 Å². The number of anilines is 1. The SMILES string of the molecule is CCc1cccc2sc(N3CCN(C(=O)c4ccccc4C)CC3)nc12. The molecule has 4 nitrogen and oxygen atoms in total. The van der Waals surface area contributed by atoms with E-state index in [9.17, 15) is 4.79 Å². The Bertz CT molecular complexity index is 941. The molecule has 134 valence electrons. The Morgan fingerprint density at radius 2 is 1.85 bits per heavy atom. The number of carbonyl (C=O) groups excluding carboxylic acids is 1. The van der Waals surface area contributed by atoms with Gasteiger partial charge in [0, 0.05) is 31.7 Å². The number of benzene rings is 2. The maximum absolute atomic E-state index is 12.8. The van der Waals surface area contributed by atoms with Gasteiger partial charge in [-0.2, -0.15) is 0 Å². The summed E-state index contributed by atoms with van der Waals surface area (Å²) >= 11 is 1.75. The zero-order valence-electron chi connectivity index (χ0n) is 15.2. The smallest absolute Gasteiger partial charge is 0.254 e. The fraction of sp³-hybridized carbons (Fsp3) is 0.333. The van der Waals surface area contributed by atoms with E-state index in [-0.39, 0.29) is 5.91 Å². The van der Waals surface area contributed by atoms with Gasteiger partial charge in [0.15, 0.2) is 5.13 Å². The van der Waals surface area contributed by atoms with Gasteiger partial charge in [0.2, 0.25) is 0 Å². The number of amides is 1. The summed E-state index contributed by atoms with van der Waals surface area (Å²) in [6.07, 6.45) is 0.999. The molecule has 1 amide bonds. The van der Waals surface area contributed by atoms with Gasteiger partial charge in [-0.05, 0) is 36.6 Å². The van der Waals surface area contributed by atoms with Crippen LogP contribution in [-0.2, 0) is 6.42 Å². The molecule has 0 saturated carbocycles. The quantitative estimate of drug-likeness (QED) is 0.700. The number of para-hydroxylation sites is 1. The van der Waals surface area contributed by atoms with Crippen molar-refractivity contribution in [1.29, 1.82) is 0 Å². The van der Waals surface area contributed by atoms with Crippen molar-refractivity contribution in [2.45, 2.75) is 20.3 Å². The molecular formula is C21H23N3OS. The van der Waals surface area contributed by atoms with Crippen LogP contribution in [0.15, 0.2) is 42.5 Å². The number of aryl methyl sites for hydroxylation is 2. The molecule has 3 aromatic rings. The number of hydrogen-bond acceptors (Lipinski definition) is 4. The highest BCUT2D eigenvalue weighted by Gasteiger charge is 2.24. The van der Waals surface area contributed by atoms with E-state index in [2.05, 4.69) is 30.0 Å². The Morgan fingerprint density at radius 3 is 2.58 bits per heavy atom. The molecule has 0 spiro atoms. The average Bonchev–Trinajstić information content (AvgIpc) is 3.12. The molecular weight excluding hydrogens is 342 g/mol. The highest BCUT2D eigenvalue weighted by Crippen LogP contribution is 2.31. The molecule has 26 heavy (non-hydrogen) atoms. The van der Waals surface area contributed by atoms with E-state index in [0.29, 0.717) is 0 Å². The van der Waals surface area contributed by atoms with Gasteiger partial charge in [0.05, 0.1) is 10.2 Å². The lowest BCUT2D eigenvalue weighted by Gasteiger charge is -2.34. The molecule has 0 atom stereocenters. The maximum Gasteiger partial charge on any atom is 0.254 e. The monoisotopic (exact) mass is 365 g/mol. The Morgan fingerprint density at radius 1 is 1.08 bits per heavy atom. The standard InChI is InChI=1S/C21H23N3OS/c1-3-16-8-6-10-18-19(16)22-21(26-18)24-13-11-23(12-14-24)20(25)17-9-5-4-7-15(17)2/h4-10H,3,11-14H2,1-2H3. The average molecular weight is 366 g/mol. The van der Waals surface area contributed by atoms with Crippen molar-refractivity contribution < 1.29 is 4.79 Å². The summed E-state index contributed by atoms with van der Waals surface area (Å²) in [4.78, 5) is 21.9. The van der Waals surface area contributed by atoms with E-state index in [0.717, 1.165) is 54.4 Å². The molecule has 2 heterocycles. The third-order valence-electron chi connectivity index (χ3n) is 5.09.